The number of aromatic amines is 1. The molecule has 0 fully saturated rings. The van der Waals surface area contributed by atoms with E-state index >= 15 is 0 Å². The lowest BCUT2D eigenvalue weighted by atomic mass is 10.3. The molecule has 12 heteroatoms. The molecule has 8 nitrogen and oxygen atoms in total. The molecule has 0 saturated carbocycles. The highest BCUT2D eigenvalue weighted by Gasteiger charge is 2.27. The molecule has 0 aliphatic heterocycles. The van der Waals surface area contributed by atoms with Gasteiger partial charge in [0.15, 0.2) is 5.01 Å². The van der Waals surface area contributed by atoms with Crippen molar-refractivity contribution in [3.63, 3.8) is 0 Å². The maximum Gasteiger partial charge on any atom is 0.369 e. The Hall–Kier alpha value is -2.28. The van der Waals surface area contributed by atoms with Gasteiger partial charge in [-0.05, 0) is 31.4 Å². The van der Waals surface area contributed by atoms with E-state index in [2.05, 4.69) is 15.2 Å². The minimum absolute atomic E-state index is 0.175. The highest BCUT2D eigenvalue weighted by Crippen LogP contribution is 2.41. The van der Waals surface area contributed by atoms with Gasteiger partial charge < -0.3 is 9.72 Å². The third kappa shape index (κ3) is 3.45. The van der Waals surface area contributed by atoms with Crippen LogP contribution in [0.1, 0.15) is 21.6 Å². The van der Waals surface area contributed by atoms with Crippen molar-refractivity contribution >= 4 is 65.9 Å². The van der Waals surface area contributed by atoms with Crippen LogP contribution in [-0.2, 0) is 14.8 Å². The number of fused-ring (bicyclic) bond motifs is 1. The number of nitrogens with one attached hydrogen (secondary N) is 1. The van der Waals surface area contributed by atoms with E-state index in [1.807, 2.05) is 13.0 Å². The zero-order chi connectivity index (χ0) is 20.8. The number of sulfonamides is 1. The lowest BCUT2D eigenvalue weighted by Crippen LogP contribution is -2.26. The maximum atomic E-state index is 13.0. The molecule has 0 aliphatic carbocycles. The third-order valence-corrected chi connectivity index (χ3v) is 9.25. The van der Waals surface area contributed by atoms with Crippen LogP contribution in [0.25, 0.3) is 20.9 Å². The lowest BCUT2D eigenvalue weighted by Gasteiger charge is -2.18. The van der Waals surface area contributed by atoms with Crippen molar-refractivity contribution < 1.29 is 17.9 Å². The second-order valence-electron chi connectivity index (χ2n) is 5.97. The van der Waals surface area contributed by atoms with Crippen LogP contribution in [0.5, 0.6) is 0 Å². The van der Waals surface area contributed by atoms with Crippen molar-refractivity contribution in [2.45, 2.75) is 18.1 Å². The van der Waals surface area contributed by atoms with E-state index in [0.29, 0.717) is 21.9 Å². The fraction of sp³-hybridized carbons (Fsp3) is 0.235. The molecule has 0 bridgehead atoms. The van der Waals surface area contributed by atoms with Crippen molar-refractivity contribution in [3.05, 3.63) is 33.5 Å². The number of H-pyrrole nitrogens is 1. The second kappa shape index (κ2) is 7.52. The Bertz CT molecular complexity index is 1280. The summed E-state index contributed by atoms with van der Waals surface area (Å²) in [5, 5.41) is 10.4. The van der Waals surface area contributed by atoms with Crippen LogP contribution >= 0.6 is 34.0 Å². The number of carbonyl (C=O) groups excluding carboxylic acids is 1. The molecule has 29 heavy (non-hydrogen) atoms. The van der Waals surface area contributed by atoms with E-state index in [1.54, 1.807) is 31.5 Å². The Morgan fingerprint density at radius 2 is 2.10 bits per heavy atom. The Morgan fingerprint density at radius 3 is 2.79 bits per heavy atom. The van der Waals surface area contributed by atoms with E-state index in [9.17, 15) is 13.2 Å². The van der Waals surface area contributed by atoms with Crippen LogP contribution < -0.4 is 4.31 Å². The number of ether oxygens (including phenoxy) is 1. The number of aromatic nitrogens is 3. The quantitative estimate of drug-likeness (QED) is 0.427. The predicted molar refractivity (Wildman–Crippen MR) is 116 cm³/mol. The monoisotopic (exact) mass is 468 g/mol. The Kier molecular flexibility index (Phi) is 5.19. The number of nitrogens with zero attached hydrogens (tertiary/aromatic N) is 3. The number of hydrogen-bond donors (Lipinski definition) is 1. The van der Waals surface area contributed by atoms with E-state index in [1.165, 1.54) is 27.0 Å². The molecular weight excluding hydrogens is 452 g/mol. The molecule has 4 heterocycles. The van der Waals surface area contributed by atoms with E-state index in [0.717, 1.165) is 20.9 Å². The summed E-state index contributed by atoms with van der Waals surface area (Å²) in [6.45, 7) is 3.88. The largest absolute Gasteiger partial charge is 0.461 e. The standard InChI is InChI=1S/C17H16N4O4S4/c1-4-25-17(22)16-20-19-15(28-16)10-8-11-13(18-10)14(9(2)27-11)21(3)29(23,24)12-6-5-7-26-12/h5-8,18H,4H2,1-3H3. The maximum absolute atomic E-state index is 13.0. The molecule has 152 valence electrons. The van der Waals surface area contributed by atoms with Crippen LogP contribution in [0.2, 0.25) is 0 Å². The topological polar surface area (TPSA) is 105 Å². The van der Waals surface area contributed by atoms with Crippen LogP contribution in [0.15, 0.2) is 27.8 Å². The number of anilines is 1. The minimum Gasteiger partial charge on any atom is -0.461 e. The smallest absolute Gasteiger partial charge is 0.369 e. The number of esters is 1. The normalized spacial score (nSPS) is 11.8. The fourth-order valence-corrected chi connectivity index (χ4v) is 7.13. The predicted octanol–water partition coefficient (Wildman–Crippen LogP) is 4.12. The first-order valence-corrected chi connectivity index (χ1v) is 12.4. The summed E-state index contributed by atoms with van der Waals surface area (Å²) in [6, 6.07) is 5.19. The van der Waals surface area contributed by atoms with E-state index < -0.39 is 16.0 Å². The number of carbonyl (C=O) groups is 1. The first kappa shape index (κ1) is 20.0. The van der Waals surface area contributed by atoms with Gasteiger partial charge in [0.25, 0.3) is 10.0 Å². The number of aryl methyl sites for hydroxylation is 1. The molecule has 0 aliphatic rings. The molecule has 0 unspecified atom stereocenters. The molecule has 4 aromatic rings. The SMILES string of the molecule is CCOC(=O)c1nnc(-c2cc3sc(C)c(N(C)S(=O)(=O)c4cccs4)c3[nH]2)s1. The summed E-state index contributed by atoms with van der Waals surface area (Å²) in [6.07, 6.45) is 0. The summed E-state index contributed by atoms with van der Waals surface area (Å²) in [7, 11) is -2.10. The summed E-state index contributed by atoms with van der Waals surface area (Å²) in [5.74, 6) is -0.511. The summed E-state index contributed by atoms with van der Waals surface area (Å²) >= 11 is 3.79. The fourth-order valence-electron chi connectivity index (χ4n) is 2.85. The molecule has 0 aromatic carbocycles. The summed E-state index contributed by atoms with van der Waals surface area (Å²) < 4.78 is 33.4. The molecule has 4 rings (SSSR count). The van der Waals surface area contributed by atoms with Crippen LogP contribution in [0, 0.1) is 6.92 Å². The number of rotatable bonds is 6. The number of hydrogen-bond acceptors (Lipinski definition) is 9. The molecule has 0 amide bonds. The third-order valence-electron chi connectivity index (χ3n) is 4.15. The summed E-state index contributed by atoms with van der Waals surface area (Å²) in [5.41, 5.74) is 1.97. The number of thiophene rings is 2. The van der Waals surface area contributed by atoms with Crippen LogP contribution in [-0.4, -0.2) is 43.2 Å². The molecule has 0 saturated heterocycles. The van der Waals surface area contributed by atoms with Gasteiger partial charge in [-0.3, -0.25) is 4.31 Å². The van der Waals surface area contributed by atoms with Gasteiger partial charge in [-0.1, -0.05) is 17.4 Å². The van der Waals surface area contributed by atoms with Gasteiger partial charge in [-0.2, -0.15) is 0 Å². The minimum atomic E-state index is -3.65. The van der Waals surface area contributed by atoms with Gasteiger partial charge in [0.05, 0.1) is 28.2 Å². The lowest BCUT2D eigenvalue weighted by molar-refractivity contribution is 0.0525. The van der Waals surface area contributed by atoms with Gasteiger partial charge in [-0.15, -0.1) is 32.9 Å². The molecule has 0 radical (unpaired) electrons. The van der Waals surface area contributed by atoms with Gasteiger partial charge >= 0.3 is 5.97 Å². The highest BCUT2D eigenvalue weighted by molar-refractivity contribution is 7.94. The average molecular weight is 469 g/mol. The highest BCUT2D eigenvalue weighted by atomic mass is 32.2. The molecule has 0 spiro atoms. The first-order valence-electron chi connectivity index (χ1n) is 8.48. The van der Waals surface area contributed by atoms with Crippen molar-refractivity contribution in [2.24, 2.45) is 0 Å². The summed E-state index contributed by atoms with van der Waals surface area (Å²) in [4.78, 5) is 16.0. The Morgan fingerprint density at radius 1 is 1.31 bits per heavy atom. The van der Waals surface area contributed by atoms with Crippen molar-refractivity contribution in [1.29, 1.82) is 0 Å². The van der Waals surface area contributed by atoms with Gasteiger partial charge in [0.1, 0.15) is 4.21 Å². The van der Waals surface area contributed by atoms with E-state index in [-0.39, 0.29) is 15.8 Å². The molecular formula is C17H16N4O4S4. The molecule has 0 atom stereocenters. The molecule has 1 N–H and O–H groups in total. The average Bonchev–Trinajstić information content (AvgIpc) is 3.44. The van der Waals surface area contributed by atoms with Crippen LogP contribution in [0.3, 0.4) is 0 Å². The van der Waals surface area contributed by atoms with Crippen molar-refractivity contribution in [2.75, 3.05) is 18.0 Å². The Labute approximate surface area is 178 Å². The first-order chi connectivity index (χ1) is 13.8. The second-order valence-corrected chi connectivity index (χ2v) is 11.3. The zero-order valence-corrected chi connectivity index (χ0v) is 18.9. The van der Waals surface area contributed by atoms with Crippen molar-refractivity contribution in [3.8, 4) is 10.7 Å². The van der Waals surface area contributed by atoms with Gasteiger partial charge in [0.2, 0.25) is 5.01 Å². The van der Waals surface area contributed by atoms with Crippen molar-refractivity contribution in [1.82, 2.24) is 15.2 Å². The van der Waals surface area contributed by atoms with E-state index in [4.69, 9.17) is 4.74 Å². The van der Waals surface area contributed by atoms with Crippen LogP contribution in [0.4, 0.5) is 5.69 Å². The van der Waals surface area contributed by atoms with Gasteiger partial charge in [0, 0.05) is 11.9 Å². The zero-order valence-electron chi connectivity index (χ0n) is 15.6. The van der Waals surface area contributed by atoms with Gasteiger partial charge in [-0.25, -0.2) is 13.2 Å². The Balaban J connectivity index is 1.74. The molecule has 4 aromatic heterocycles.